The molecule has 2 aromatic rings. The lowest BCUT2D eigenvalue weighted by atomic mass is 9.86. The van der Waals surface area contributed by atoms with Crippen LogP contribution in [-0.2, 0) is 9.59 Å². The Hall–Kier alpha value is -3.30. The zero-order valence-electron chi connectivity index (χ0n) is 17.3. The van der Waals surface area contributed by atoms with Crippen molar-refractivity contribution in [2.75, 3.05) is 19.0 Å². The highest BCUT2D eigenvalue weighted by atomic mass is 35.5. The molecule has 0 bridgehead atoms. The Morgan fingerprint density at radius 2 is 1.87 bits per heavy atom. The molecule has 0 spiro atoms. The highest BCUT2D eigenvalue weighted by molar-refractivity contribution is 6.33. The fraction of sp³-hybridized carbons (Fsp3) is 0.261. The van der Waals surface area contributed by atoms with Crippen molar-refractivity contribution in [3.05, 3.63) is 58.6 Å². The van der Waals surface area contributed by atoms with Gasteiger partial charge in [0.2, 0.25) is 0 Å². The number of hydrogen-bond acceptors (Lipinski definition) is 5. The molecule has 7 heteroatoms. The van der Waals surface area contributed by atoms with Crippen LogP contribution >= 0.6 is 11.6 Å². The van der Waals surface area contributed by atoms with Crippen molar-refractivity contribution in [2.24, 2.45) is 5.41 Å². The number of nitrogens with zero attached hydrogens (tertiary/aromatic N) is 1. The van der Waals surface area contributed by atoms with Crippen LogP contribution in [0.1, 0.15) is 26.3 Å². The van der Waals surface area contributed by atoms with Gasteiger partial charge in [-0.1, -0.05) is 50.6 Å². The molecule has 0 fully saturated rings. The van der Waals surface area contributed by atoms with E-state index in [0.717, 1.165) is 0 Å². The van der Waals surface area contributed by atoms with Crippen molar-refractivity contribution in [3.8, 4) is 17.6 Å². The summed E-state index contributed by atoms with van der Waals surface area (Å²) in [6.45, 7) is 5.02. The van der Waals surface area contributed by atoms with E-state index >= 15 is 0 Å². The Morgan fingerprint density at radius 1 is 1.17 bits per heavy atom. The number of ketones is 1. The predicted molar refractivity (Wildman–Crippen MR) is 117 cm³/mol. The molecular weight excluding hydrogens is 404 g/mol. The maximum atomic E-state index is 12.4. The molecule has 0 aliphatic heterocycles. The number of Topliss-reactive ketones (excluding diaryl/α,β-unsaturated/α-hetero) is 1. The summed E-state index contributed by atoms with van der Waals surface area (Å²) in [5, 5.41) is 12.4. The van der Waals surface area contributed by atoms with E-state index in [0.29, 0.717) is 27.8 Å². The Morgan fingerprint density at radius 3 is 2.47 bits per heavy atom. The molecule has 1 N–H and O–H groups in total. The van der Waals surface area contributed by atoms with E-state index in [4.69, 9.17) is 21.1 Å². The normalized spacial score (nSPS) is 11.4. The first kappa shape index (κ1) is 23.0. The molecule has 1 amide bonds. The summed E-state index contributed by atoms with van der Waals surface area (Å²) in [6, 6.07) is 13.8. The minimum atomic E-state index is -0.663. The van der Waals surface area contributed by atoms with Gasteiger partial charge in [-0.3, -0.25) is 9.59 Å². The van der Waals surface area contributed by atoms with Gasteiger partial charge in [-0.05, 0) is 35.9 Å². The predicted octanol–water partition coefficient (Wildman–Crippen LogP) is 4.89. The molecule has 0 saturated carbocycles. The van der Waals surface area contributed by atoms with Crippen LogP contribution in [0.25, 0.3) is 6.08 Å². The van der Waals surface area contributed by atoms with Crippen LogP contribution < -0.4 is 14.8 Å². The summed E-state index contributed by atoms with van der Waals surface area (Å²) in [6.07, 6.45) is 1.50. The number of carbonyl (C=O) groups is 2. The third kappa shape index (κ3) is 6.10. The average Bonchev–Trinajstić information content (AvgIpc) is 2.71. The molecule has 0 saturated heterocycles. The van der Waals surface area contributed by atoms with Gasteiger partial charge in [0.1, 0.15) is 6.07 Å². The lowest BCUT2D eigenvalue weighted by Crippen LogP contribution is -2.21. The average molecular weight is 427 g/mol. The molecule has 0 aliphatic rings. The lowest BCUT2D eigenvalue weighted by molar-refractivity contribution is -0.122. The second-order valence-corrected chi connectivity index (χ2v) is 7.88. The third-order valence-electron chi connectivity index (χ3n) is 4.05. The van der Waals surface area contributed by atoms with Gasteiger partial charge in [0.15, 0.2) is 23.9 Å². The van der Waals surface area contributed by atoms with Crippen LogP contribution in [0.2, 0.25) is 5.02 Å². The first-order valence-corrected chi connectivity index (χ1v) is 9.55. The molecule has 2 aromatic carbocycles. The number of anilines is 1. The summed E-state index contributed by atoms with van der Waals surface area (Å²) >= 11 is 6.03. The summed E-state index contributed by atoms with van der Waals surface area (Å²) in [5.41, 5.74) is 0.489. The van der Waals surface area contributed by atoms with Crippen LogP contribution in [0, 0.1) is 16.7 Å². The maximum absolute atomic E-state index is 12.4. The quantitative estimate of drug-likeness (QED) is 0.503. The van der Waals surface area contributed by atoms with E-state index in [2.05, 4.69) is 5.32 Å². The number of para-hydroxylation sites is 1. The minimum absolute atomic E-state index is 0.0531. The van der Waals surface area contributed by atoms with Gasteiger partial charge in [0.25, 0.3) is 5.91 Å². The molecule has 0 unspecified atom stereocenters. The van der Waals surface area contributed by atoms with Crippen LogP contribution in [0.15, 0.2) is 48.0 Å². The van der Waals surface area contributed by atoms with Crippen molar-refractivity contribution in [1.29, 1.82) is 5.26 Å². The summed E-state index contributed by atoms with van der Waals surface area (Å²) < 4.78 is 10.9. The molecule has 0 aliphatic carbocycles. The Kier molecular flexibility index (Phi) is 7.62. The summed E-state index contributed by atoms with van der Waals surface area (Å²) in [4.78, 5) is 24.5. The highest BCUT2D eigenvalue weighted by Crippen LogP contribution is 2.30. The number of benzene rings is 2. The second-order valence-electron chi connectivity index (χ2n) is 7.48. The molecular formula is C23H23ClN2O4. The molecule has 0 atom stereocenters. The monoisotopic (exact) mass is 426 g/mol. The molecule has 30 heavy (non-hydrogen) atoms. The van der Waals surface area contributed by atoms with Crippen molar-refractivity contribution in [2.45, 2.75) is 20.8 Å². The number of hydrogen-bond donors (Lipinski definition) is 1. The first-order chi connectivity index (χ1) is 14.2. The van der Waals surface area contributed by atoms with Gasteiger partial charge >= 0.3 is 0 Å². The molecule has 156 valence electrons. The van der Waals surface area contributed by atoms with Crippen molar-refractivity contribution < 1.29 is 19.1 Å². The number of carbonyl (C=O) groups excluding carboxylic acids is 2. The molecule has 0 aromatic heterocycles. The molecule has 0 heterocycles. The van der Waals surface area contributed by atoms with Gasteiger partial charge in [-0.25, -0.2) is 0 Å². The van der Waals surface area contributed by atoms with Crippen molar-refractivity contribution in [1.82, 2.24) is 0 Å². The smallest absolute Gasteiger partial charge is 0.262 e. The van der Waals surface area contributed by atoms with E-state index in [1.807, 2.05) is 6.07 Å². The van der Waals surface area contributed by atoms with Crippen LogP contribution in [0.5, 0.6) is 11.5 Å². The Bertz CT molecular complexity index is 1020. The van der Waals surface area contributed by atoms with Gasteiger partial charge in [-0.15, -0.1) is 0 Å². The fourth-order valence-electron chi connectivity index (χ4n) is 2.50. The molecule has 6 nitrogen and oxygen atoms in total. The largest absolute Gasteiger partial charge is 0.493 e. The van der Waals surface area contributed by atoms with Gasteiger partial charge < -0.3 is 14.8 Å². The van der Waals surface area contributed by atoms with Crippen LogP contribution in [0.4, 0.5) is 5.69 Å². The van der Waals surface area contributed by atoms with E-state index in [1.165, 1.54) is 13.2 Å². The zero-order valence-corrected chi connectivity index (χ0v) is 18.0. The summed E-state index contributed by atoms with van der Waals surface area (Å²) in [7, 11) is 1.46. The van der Waals surface area contributed by atoms with Crippen LogP contribution in [0.3, 0.4) is 0 Å². The number of amides is 1. The number of allylic oxidation sites excluding steroid dienone is 1. The third-order valence-corrected chi connectivity index (χ3v) is 4.38. The maximum Gasteiger partial charge on any atom is 0.262 e. The fourth-order valence-corrected chi connectivity index (χ4v) is 2.69. The molecule has 0 radical (unpaired) electrons. The van der Waals surface area contributed by atoms with Crippen molar-refractivity contribution in [3.63, 3.8) is 0 Å². The number of rotatable bonds is 7. The van der Waals surface area contributed by atoms with Crippen molar-refractivity contribution >= 4 is 35.1 Å². The van der Waals surface area contributed by atoms with E-state index in [1.54, 1.807) is 63.2 Å². The number of methoxy groups -OCH3 is 1. The van der Waals surface area contributed by atoms with E-state index < -0.39 is 5.41 Å². The van der Waals surface area contributed by atoms with Crippen LogP contribution in [-0.4, -0.2) is 25.4 Å². The topological polar surface area (TPSA) is 88.4 Å². The van der Waals surface area contributed by atoms with E-state index in [9.17, 15) is 14.9 Å². The minimum Gasteiger partial charge on any atom is -0.493 e. The number of nitrogens with one attached hydrogen (secondary N) is 1. The Balaban J connectivity index is 2.13. The first-order valence-electron chi connectivity index (χ1n) is 9.17. The second kappa shape index (κ2) is 9.95. The zero-order chi connectivity index (χ0) is 22.3. The van der Waals surface area contributed by atoms with Gasteiger partial charge in [-0.2, -0.15) is 5.26 Å². The summed E-state index contributed by atoms with van der Waals surface area (Å²) in [5.74, 6) is 0.0941. The van der Waals surface area contributed by atoms with E-state index in [-0.39, 0.29) is 23.9 Å². The Labute approximate surface area is 181 Å². The number of halogens is 1. The van der Waals surface area contributed by atoms with Gasteiger partial charge in [0.05, 0.1) is 23.4 Å². The standard InChI is InChI=1S/C23H23ClN2O4/c1-23(2,3)22(28)16(13-25)11-15-9-10-19(20(12-15)29-4)30-14-21(27)26-18-8-6-5-7-17(18)24/h5-12H,14H2,1-4H3,(H,26,27)/b16-11+. The molecule has 2 rings (SSSR count). The number of nitriles is 1. The number of ether oxygens (including phenoxy) is 2. The highest BCUT2D eigenvalue weighted by Gasteiger charge is 2.25. The van der Waals surface area contributed by atoms with Gasteiger partial charge in [0, 0.05) is 5.41 Å². The SMILES string of the molecule is COc1cc(/C=C(\C#N)C(=O)C(C)(C)C)ccc1OCC(=O)Nc1ccccc1Cl. The lowest BCUT2D eigenvalue weighted by Gasteiger charge is -2.15.